The first-order valence-electron chi connectivity index (χ1n) is 6.37. The molecule has 2 rings (SSSR count). The minimum atomic E-state index is -1.17. The summed E-state index contributed by atoms with van der Waals surface area (Å²) in [5.74, 6) is -1.52. The van der Waals surface area contributed by atoms with Gasteiger partial charge in [-0.3, -0.25) is 4.79 Å². The Bertz CT molecular complexity index is 513. The van der Waals surface area contributed by atoms with Crippen LogP contribution in [0.2, 0.25) is 0 Å². The first kappa shape index (κ1) is 14.4. The lowest BCUT2D eigenvalue weighted by Gasteiger charge is -2.35. The second-order valence-electron chi connectivity index (χ2n) is 5.36. The van der Waals surface area contributed by atoms with Crippen LogP contribution in [0, 0.1) is 0 Å². The first-order chi connectivity index (χ1) is 9.37. The van der Waals surface area contributed by atoms with Crippen LogP contribution in [-0.4, -0.2) is 45.2 Å². The van der Waals surface area contributed by atoms with Gasteiger partial charge in [0, 0.05) is 12.6 Å². The fourth-order valence-corrected chi connectivity index (χ4v) is 2.17. The van der Waals surface area contributed by atoms with Crippen molar-refractivity contribution in [2.75, 3.05) is 6.61 Å². The van der Waals surface area contributed by atoms with E-state index in [0.29, 0.717) is 6.61 Å². The highest BCUT2D eigenvalue weighted by Crippen LogP contribution is 2.23. The molecule has 0 bridgehead atoms. The Kier molecular flexibility index (Phi) is 3.99. The summed E-state index contributed by atoms with van der Waals surface area (Å²) < 4.78 is 5.58. The summed E-state index contributed by atoms with van der Waals surface area (Å²) >= 11 is 0. The summed E-state index contributed by atoms with van der Waals surface area (Å²) in [6, 6.07) is 0.0206. The van der Waals surface area contributed by atoms with Gasteiger partial charge in [-0.1, -0.05) is 0 Å². The van der Waals surface area contributed by atoms with Crippen molar-refractivity contribution in [2.24, 2.45) is 0 Å². The first-order valence-corrected chi connectivity index (χ1v) is 6.37. The van der Waals surface area contributed by atoms with E-state index in [2.05, 4.69) is 15.3 Å². The number of hydrogen-bond acceptors (Lipinski definition) is 5. The van der Waals surface area contributed by atoms with Crippen LogP contribution in [0.3, 0.4) is 0 Å². The van der Waals surface area contributed by atoms with Crippen molar-refractivity contribution in [1.29, 1.82) is 0 Å². The zero-order valence-corrected chi connectivity index (χ0v) is 11.4. The van der Waals surface area contributed by atoms with E-state index in [9.17, 15) is 9.59 Å². The molecule has 0 aliphatic carbocycles. The third-order valence-corrected chi connectivity index (χ3v) is 3.14. The Morgan fingerprint density at radius 3 is 2.55 bits per heavy atom. The van der Waals surface area contributed by atoms with Gasteiger partial charge in [-0.25, -0.2) is 14.8 Å². The van der Waals surface area contributed by atoms with Crippen molar-refractivity contribution in [2.45, 2.75) is 38.3 Å². The predicted octanol–water partition coefficient (Wildman–Crippen LogP) is 0.862. The molecular formula is C13H17N3O4. The molecule has 1 amide bonds. The molecule has 2 heterocycles. The number of carboxylic acid groups (broad SMARTS) is 1. The lowest BCUT2D eigenvalue weighted by atomic mass is 9.94. The Hall–Kier alpha value is -2.02. The Morgan fingerprint density at radius 2 is 2.00 bits per heavy atom. The molecule has 1 saturated heterocycles. The molecule has 0 radical (unpaired) electrons. The molecule has 1 aromatic heterocycles. The highest BCUT2D eigenvalue weighted by molar-refractivity contribution is 5.92. The van der Waals surface area contributed by atoms with Crippen LogP contribution in [0.1, 0.15) is 47.7 Å². The SMILES string of the molecule is CC1(C)CC(NC(=O)c2cnc(C(=O)O)cn2)CCO1. The fourth-order valence-electron chi connectivity index (χ4n) is 2.17. The number of rotatable bonds is 3. The van der Waals surface area contributed by atoms with Gasteiger partial charge in [0.25, 0.3) is 5.91 Å². The Balaban J connectivity index is 1.99. The quantitative estimate of drug-likeness (QED) is 0.851. The smallest absolute Gasteiger partial charge is 0.356 e. The summed E-state index contributed by atoms with van der Waals surface area (Å²) in [4.78, 5) is 30.1. The maximum Gasteiger partial charge on any atom is 0.356 e. The van der Waals surface area contributed by atoms with E-state index >= 15 is 0 Å². The van der Waals surface area contributed by atoms with Crippen LogP contribution in [0.4, 0.5) is 0 Å². The normalized spacial score (nSPS) is 21.2. The Morgan fingerprint density at radius 1 is 1.35 bits per heavy atom. The van der Waals surface area contributed by atoms with E-state index in [0.717, 1.165) is 19.0 Å². The number of aromatic carboxylic acids is 1. The summed E-state index contributed by atoms with van der Waals surface area (Å²) in [5.41, 5.74) is -0.331. The predicted molar refractivity (Wildman–Crippen MR) is 69.5 cm³/mol. The molecule has 20 heavy (non-hydrogen) atoms. The van der Waals surface area contributed by atoms with Gasteiger partial charge in [-0.05, 0) is 26.7 Å². The van der Waals surface area contributed by atoms with Gasteiger partial charge in [0.05, 0.1) is 18.0 Å². The van der Waals surface area contributed by atoms with Gasteiger partial charge < -0.3 is 15.2 Å². The van der Waals surface area contributed by atoms with Gasteiger partial charge in [0.1, 0.15) is 5.69 Å². The van der Waals surface area contributed by atoms with E-state index in [1.807, 2.05) is 13.8 Å². The zero-order valence-electron chi connectivity index (χ0n) is 11.4. The molecule has 0 aromatic carbocycles. The van der Waals surface area contributed by atoms with Crippen LogP contribution in [-0.2, 0) is 4.74 Å². The average Bonchev–Trinajstić information content (AvgIpc) is 2.37. The van der Waals surface area contributed by atoms with Gasteiger partial charge in [0.2, 0.25) is 0 Å². The lowest BCUT2D eigenvalue weighted by molar-refractivity contribution is -0.0615. The van der Waals surface area contributed by atoms with E-state index in [4.69, 9.17) is 9.84 Å². The van der Waals surface area contributed by atoms with E-state index < -0.39 is 5.97 Å². The van der Waals surface area contributed by atoms with Gasteiger partial charge in [-0.15, -0.1) is 0 Å². The minimum Gasteiger partial charge on any atom is -0.476 e. The minimum absolute atomic E-state index is 0.0206. The second kappa shape index (κ2) is 5.54. The van der Waals surface area contributed by atoms with Crippen molar-refractivity contribution in [1.82, 2.24) is 15.3 Å². The van der Waals surface area contributed by atoms with Crippen molar-refractivity contribution >= 4 is 11.9 Å². The molecule has 1 aromatic rings. The van der Waals surface area contributed by atoms with E-state index in [-0.39, 0.29) is 28.9 Å². The highest BCUT2D eigenvalue weighted by Gasteiger charge is 2.30. The molecule has 1 aliphatic rings. The molecule has 108 valence electrons. The largest absolute Gasteiger partial charge is 0.476 e. The highest BCUT2D eigenvalue weighted by atomic mass is 16.5. The van der Waals surface area contributed by atoms with E-state index in [1.54, 1.807) is 0 Å². The van der Waals surface area contributed by atoms with Gasteiger partial charge >= 0.3 is 5.97 Å². The molecule has 1 unspecified atom stereocenters. The number of nitrogens with one attached hydrogen (secondary N) is 1. The van der Waals surface area contributed by atoms with Crippen molar-refractivity contribution in [3.63, 3.8) is 0 Å². The number of carboxylic acids is 1. The van der Waals surface area contributed by atoms with Crippen LogP contribution in [0.5, 0.6) is 0 Å². The molecule has 0 spiro atoms. The number of amides is 1. The maximum absolute atomic E-state index is 12.0. The summed E-state index contributed by atoms with van der Waals surface area (Å²) in [6.07, 6.45) is 3.71. The van der Waals surface area contributed by atoms with Gasteiger partial charge in [-0.2, -0.15) is 0 Å². The van der Waals surface area contributed by atoms with Crippen molar-refractivity contribution in [3.8, 4) is 0 Å². The van der Waals surface area contributed by atoms with Crippen LogP contribution in [0.25, 0.3) is 0 Å². The number of aromatic nitrogens is 2. The molecule has 1 aliphatic heterocycles. The molecule has 7 heteroatoms. The molecule has 0 saturated carbocycles. The molecular weight excluding hydrogens is 262 g/mol. The average molecular weight is 279 g/mol. The molecule has 1 atom stereocenters. The number of hydrogen-bond donors (Lipinski definition) is 2. The third kappa shape index (κ3) is 3.51. The zero-order chi connectivity index (χ0) is 14.8. The molecule has 2 N–H and O–H groups in total. The summed E-state index contributed by atoms with van der Waals surface area (Å²) in [6.45, 7) is 4.56. The lowest BCUT2D eigenvalue weighted by Crippen LogP contribution is -2.46. The number of ether oxygens (including phenoxy) is 1. The second-order valence-corrected chi connectivity index (χ2v) is 5.36. The van der Waals surface area contributed by atoms with Crippen molar-refractivity contribution in [3.05, 3.63) is 23.8 Å². The summed E-state index contributed by atoms with van der Waals surface area (Å²) in [7, 11) is 0. The molecule has 7 nitrogen and oxygen atoms in total. The topological polar surface area (TPSA) is 101 Å². The van der Waals surface area contributed by atoms with Crippen LogP contribution < -0.4 is 5.32 Å². The monoisotopic (exact) mass is 279 g/mol. The Labute approximate surface area is 116 Å². The third-order valence-electron chi connectivity index (χ3n) is 3.14. The number of carbonyl (C=O) groups is 2. The number of carbonyl (C=O) groups excluding carboxylic acids is 1. The van der Waals surface area contributed by atoms with Crippen LogP contribution in [0.15, 0.2) is 12.4 Å². The van der Waals surface area contributed by atoms with Gasteiger partial charge in [0.15, 0.2) is 5.69 Å². The summed E-state index contributed by atoms with van der Waals surface area (Å²) in [5, 5.41) is 11.6. The van der Waals surface area contributed by atoms with Crippen LogP contribution >= 0.6 is 0 Å². The van der Waals surface area contributed by atoms with E-state index in [1.165, 1.54) is 6.20 Å². The number of nitrogens with zero attached hydrogens (tertiary/aromatic N) is 2. The molecule has 1 fully saturated rings. The van der Waals surface area contributed by atoms with Crippen molar-refractivity contribution < 1.29 is 19.4 Å². The maximum atomic E-state index is 12.0. The fraction of sp³-hybridized carbons (Fsp3) is 0.538. The standard InChI is InChI=1S/C13H17N3O4/c1-13(2)5-8(3-4-20-13)16-11(17)9-6-15-10(7-14-9)12(18)19/h6-8H,3-5H2,1-2H3,(H,16,17)(H,18,19).